The van der Waals surface area contributed by atoms with E-state index in [1.54, 1.807) is 6.33 Å². The van der Waals surface area contributed by atoms with E-state index in [0.29, 0.717) is 0 Å². The monoisotopic (exact) mass is 219 g/mol. The number of imidazole rings is 1. The summed E-state index contributed by atoms with van der Waals surface area (Å²) in [5.41, 5.74) is 2.31. The predicted molar refractivity (Wildman–Crippen MR) is 62.0 cm³/mol. The van der Waals surface area contributed by atoms with Crippen molar-refractivity contribution in [2.24, 2.45) is 0 Å². The van der Waals surface area contributed by atoms with Gasteiger partial charge in [-0.15, -0.1) is 0 Å². The van der Waals surface area contributed by atoms with Crippen molar-refractivity contribution in [3.05, 3.63) is 41.4 Å². The van der Waals surface area contributed by atoms with E-state index in [2.05, 4.69) is 28.3 Å². The van der Waals surface area contributed by atoms with Crippen LogP contribution in [0.3, 0.4) is 0 Å². The molecule has 2 aromatic heterocycles. The first-order valence-electron chi connectivity index (χ1n) is 5.44. The second kappa shape index (κ2) is 4.53. The molecule has 0 aliphatic heterocycles. The summed E-state index contributed by atoms with van der Waals surface area (Å²) in [7, 11) is 0. The Morgan fingerprint density at radius 3 is 2.88 bits per heavy atom. The smallest absolute Gasteiger partial charge is 0.105 e. The molecule has 0 saturated heterocycles. The van der Waals surface area contributed by atoms with Gasteiger partial charge in [0, 0.05) is 30.0 Å². The summed E-state index contributed by atoms with van der Waals surface area (Å²) in [6.07, 6.45) is 3.52. The molecule has 0 aromatic carbocycles. The normalized spacial score (nSPS) is 12.9. The van der Waals surface area contributed by atoms with Gasteiger partial charge in [0.05, 0.1) is 6.33 Å². The first-order chi connectivity index (χ1) is 7.66. The standard InChI is InChI=1S/C12H17N3O/c1-8-4-12(10(3)16-8)9(2)14-6-11-5-13-7-15-11/h4-5,7,9,14H,6H2,1-3H3,(H,13,15). The van der Waals surface area contributed by atoms with Gasteiger partial charge in [-0.25, -0.2) is 4.98 Å². The maximum atomic E-state index is 5.51. The number of furan rings is 1. The zero-order chi connectivity index (χ0) is 11.5. The molecular weight excluding hydrogens is 202 g/mol. The molecule has 0 fully saturated rings. The number of rotatable bonds is 4. The zero-order valence-corrected chi connectivity index (χ0v) is 9.87. The molecule has 2 heterocycles. The molecular formula is C12H17N3O. The maximum Gasteiger partial charge on any atom is 0.105 e. The third-order valence-electron chi connectivity index (χ3n) is 2.70. The largest absolute Gasteiger partial charge is 0.466 e. The molecule has 0 spiro atoms. The van der Waals surface area contributed by atoms with E-state index in [0.717, 1.165) is 23.8 Å². The number of aryl methyl sites for hydroxylation is 2. The van der Waals surface area contributed by atoms with Gasteiger partial charge in [-0.05, 0) is 26.8 Å². The molecule has 2 aromatic rings. The molecule has 4 heteroatoms. The highest BCUT2D eigenvalue weighted by molar-refractivity contribution is 5.23. The van der Waals surface area contributed by atoms with Crippen molar-refractivity contribution in [1.29, 1.82) is 0 Å². The fourth-order valence-corrected chi connectivity index (χ4v) is 1.83. The van der Waals surface area contributed by atoms with E-state index < -0.39 is 0 Å². The summed E-state index contributed by atoms with van der Waals surface area (Å²) in [6, 6.07) is 2.36. The van der Waals surface area contributed by atoms with Crippen molar-refractivity contribution in [3.63, 3.8) is 0 Å². The molecule has 4 nitrogen and oxygen atoms in total. The molecule has 1 atom stereocenters. The van der Waals surface area contributed by atoms with Crippen molar-refractivity contribution in [1.82, 2.24) is 15.3 Å². The van der Waals surface area contributed by atoms with Crippen LogP contribution in [0, 0.1) is 13.8 Å². The summed E-state index contributed by atoms with van der Waals surface area (Å²) < 4.78 is 5.51. The van der Waals surface area contributed by atoms with Crippen LogP contribution in [0.15, 0.2) is 23.0 Å². The van der Waals surface area contributed by atoms with Crippen molar-refractivity contribution < 1.29 is 4.42 Å². The number of hydrogen-bond acceptors (Lipinski definition) is 3. The highest BCUT2D eigenvalue weighted by Gasteiger charge is 2.11. The van der Waals surface area contributed by atoms with E-state index in [-0.39, 0.29) is 6.04 Å². The summed E-state index contributed by atoms with van der Waals surface area (Å²) >= 11 is 0. The minimum Gasteiger partial charge on any atom is -0.466 e. The van der Waals surface area contributed by atoms with E-state index >= 15 is 0 Å². The Bertz CT molecular complexity index is 445. The summed E-state index contributed by atoms with van der Waals surface area (Å²) in [5.74, 6) is 1.95. The molecule has 0 bridgehead atoms. The van der Waals surface area contributed by atoms with Crippen LogP contribution < -0.4 is 5.32 Å². The quantitative estimate of drug-likeness (QED) is 0.830. The van der Waals surface area contributed by atoms with E-state index in [9.17, 15) is 0 Å². The van der Waals surface area contributed by atoms with Crippen LogP contribution in [0.1, 0.15) is 35.7 Å². The highest BCUT2D eigenvalue weighted by Crippen LogP contribution is 2.21. The van der Waals surface area contributed by atoms with E-state index in [1.807, 2.05) is 20.0 Å². The summed E-state index contributed by atoms with van der Waals surface area (Å²) in [6.45, 7) is 6.88. The third kappa shape index (κ3) is 2.33. The van der Waals surface area contributed by atoms with Crippen LogP contribution in [0.25, 0.3) is 0 Å². The SMILES string of the molecule is Cc1cc(C(C)NCc2cnc[nH]2)c(C)o1. The Morgan fingerprint density at radius 1 is 1.50 bits per heavy atom. The second-order valence-electron chi connectivity index (χ2n) is 4.05. The molecule has 86 valence electrons. The van der Waals surface area contributed by atoms with E-state index in [4.69, 9.17) is 4.42 Å². The van der Waals surface area contributed by atoms with Gasteiger partial charge >= 0.3 is 0 Å². The molecule has 2 rings (SSSR count). The lowest BCUT2D eigenvalue weighted by molar-refractivity contribution is 0.489. The van der Waals surface area contributed by atoms with Gasteiger partial charge in [0.15, 0.2) is 0 Å². The number of hydrogen-bond donors (Lipinski definition) is 2. The Kier molecular flexibility index (Phi) is 3.10. The predicted octanol–water partition coefficient (Wildman–Crippen LogP) is 2.47. The molecule has 16 heavy (non-hydrogen) atoms. The van der Waals surface area contributed by atoms with Gasteiger partial charge < -0.3 is 14.7 Å². The third-order valence-corrected chi connectivity index (χ3v) is 2.70. The number of H-pyrrole nitrogens is 1. The van der Waals surface area contributed by atoms with Gasteiger partial charge in [-0.2, -0.15) is 0 Å². The van der Waals surface area contributed by atoms with Crippen molar-refractivity contribution in [2.45, 2.75) is 33.4 Å². The van der Waals surface area contributed by atoms with Gasteiger partial charge in [0.25, 0.3) is 0 Å². The Hall–Kier alpha value is -1.55. The van der Waals surface area contributed by atoms with Gasteiger partial charge in [-0.1, -0.05) is 0 Å². The minimum atomic E-state index is 0.278. The van der Waals surface area contributed by atoms with Crippen LogP contribution in [0.5, 0.6) is 0 Å². The summed E-state index contributed by atoms with van der Waals surface area (Å²) in [4.78, 5) is 7.05. The Morgan fingerprint density at radius 2 is 2.31 bits per heavy atom. The van der Waals surface area contributed by atoms with Crippen LogP contribution in [0.4, 0.5) is 0 Å². The Balaban J connectivity index is 1.98. The minimum absolute atomic E-state index is 0.278. The maximum absolute atomic E-state index is 5.51. The van der Waals surface area contributed by atoms with E-state index in [1.165, 1.54) is 5.56 Å². The number of aromatic amines is 1. The average Bonchev–Trinajstić information content (AvgIpc) is 2.84. The van der Waals surface area contributed by atoms with Crippen molar-refractivity contribution >= 4 is 0 Å². The van der Waals surface area contributed by atoms with Crippen LogP contribution in [0.2, 0.25) is 0 Å². The number of nitrogens with zero attached hydrogens (tertiary/aromatic N) is 1. The molecule has 2 N–H and O–H groups in total. The molecule has 1 unspecified atom stereocenters. The fraction of sp³-hybridized carbons (Fsp3) is 0.417. The van der Waals surface area contributed by atoms with Crippen molar-refractivity contribution in [3.8, 4) is 0 Å². The first kappa shape index (κ1) is 11.0. The lowest BCUT2D eigenvalue weighted by Gasteiger charge is -2.11. The summed E-state index contributed by atoms with van der Waals surface area (Å²) in [5, 5.41) is 3.42. The molecule has 0 saturated carbocycles. The van der Waals surface area contributed by atoms with Gasteiger partial charge in [0.1, 0.15) is 11.5 Å². The molecule has 0 aliphatic carbocycles. The average molecular weight is 219 g/mol. The van der Waals surface area contributed by atoms with Gasteiger partial charge in [0.2, 0.25) is 0 Å². The van der Waals surface area contributed by atoms with Crippen LogP contribution in [-0.2, 0) is 6.54 Å². The fourth-order valence-electron chi connectivity index (χ4n) is 1.83. The van der Waals surface area contributed by atoms with Crippen LogP contribution >= 0.6 is 0 Å². The highest BCUT2D eigenvalue weighted by atomic mass is 16.3. The topological polar surface area (TPSA) is 53.9 Å². The lowest BCUT2D eigenvalue weighted by Crippen LogP contribution is -2.18. The second-order valence-corrected chi connectivity index (χ2v) is 4.05. The Labute approximate surface area is 95.1 Å². The number of nitrogens with one attached hydrogen (secondary N) is 2. The first-order valence-corrected chi connectivity index (χ1v) is 5.44. The lowest BCUT2D eigenvalue weighted by atomic mass is 10.1. The molecule has 0 aliphatic rings. The van der Waals surface area contributed by atoms with Crippen molar-refractivity contribution in [2.75, 3.05) is 0 Å². The molecule has 0 radical (unpaired) electrons. The molecule has 0 amide bonds. The zero-order valence-electron chi connectivity index (χ0n) is 9.87. The van der Waals surface area contributed by atoms with Crippen LogP contribution in [-0.4, -0.2) is 9.97 Å². The number of aromatic nitrogens is 2. The van der Waals surface area contributed by atoms with Gasteiger partial charge in [-0.3, -0.25) is 0 Å².